The molecule has 0 fully saturated rings. The summed E-state index contributed by atoms with van der Waals surface area (Å²) < 4.78 is 10.4. The molecule has 2 aromatic carbocycles. The summed E-state index contributed by atoms with van der Waals surface area (Å²) in [5, 5.41) is 28.1. The van der Waals surface area contributed by atoms with E-state index in [-0.39, 0.29) is 35.6 Å². The van der Waals surface area contributed by atoms with Crippen LogP contribution in [-0.2, 0) is 16.0 Å². The molecule has 1 heterocycles. The third-order valence-corrected chi connectivity index (χ3v) is 6.61. The maximum Gasteiger partial charge on any atom is 0.328 e. The predicted octanol–water partition coefficient (Wildman–Crippen LogP) is 2.37. The Morgan fingerprint density at radius 3 is 2.39 bits per heavy atom. The number of ether oxygens (including phenoxy) is 2. The molecule has 1 atom stereocenters. The summed E-state index contributed by atoms with van der Waals surface area (Å²) in [5.74, 6) is -0.936. The molecule has 0 bridgehead atoms. The number of carbonyl (C=O) groups is 3. The lowest BCUT2D eigenvalue weighted by Gasteiger charge is -2.18. The minimum absolute atomic E-state index is 0.0256. The number of phenolic OH excluding ortho intramolecular Hbond substituents is 2. The molecule has 13 nitrogen and oxygen atoms in total. The van der Waals surface area contributed by atoms with Crippen LogP contribution in [0.5, 0.6) is 17.2 Å². The van der Waals surface area contributed by atoms with Crippen LogP contribution < -0.4 is 26.4 Å². The number of phenols is 2. The van der Waals surface area contributed by atoms with Crippen LogP contribution in [0, 0.1) is 13.8 Å². The number of nitrogens with one attached hydrogen (secondary N) is 3. The van der Waals surface area contributed by atoms with Gasteiger partial charge in [-0.3, -0.25) is 9.59 Å². The summed E-state index contributed by atoms with van der Waals surface area (Å²) >= 11 is 0. The van der Waals surface area contributed by atoms with Crippen molar-refractivity contribution in [2.24, 2.45) is 5.73 Å². The number of rotatable bonds is 16. The van der Waals surface area contributed by atoms with Gasteiger partial charge in [-0.15, -0.1) is 0 Å². The van der Waals surface area contributed by atoms with Gasteiger partial charge in [0.1, 0.15) is 23.3 Å². The summed E-state index contributed by atoms with van der Waals surface area (Å²) in [6.45, 7) is 4.75. The molecular weight excluding hydrogens is 568 g/mol. The molecule has 2 amide bonds. The fourth-order valence-electron chi connectivity index (χ4n) is 4.45. The summed E-state index contributed by atoms with van der Waals surface area (Å²) in [6, 6.07) is 10.2. The Kier molecular flexibility index (Phi) is 12.7. The highest BCUT2D eigenvalue weighted by atomic mass is 16.5. The number of aromatic nitrogens is 2. The number of amides is 2. The van der Waals surface area contributed by atoms with Crippen molar-refractivity contribution in [1.29, 1.82) is 0 Å². The summed E-state index contributed by atoms with van der Waals surface area (Å²) in [7, 11) is 1.21. The quantitative estimate of drug-likeness (QED) is 0.103. The number of hydrogen-bond acceptors (Lipinski definition) is 11. The number of hydrogen-bond donors (Lipinski definition) is 6. The van der Waals surface area contributed by atoms with Gasteiger partial charge in [0.2, 0.25) is 5.95 Å². The van der Waals surface area contributed by atoms with Gasteiger partial charge in [-0.2, -0.15) is 0 Å². The maximum absolute atomic E-state index is 13.2. The smallest absolute Gasteiger partial charge is 0.328 e. The van der Waals surface area contributed by atoms with E-state index in [1.807, 2.05) is 6.07 Å². The molecular formula is C31H40N6O7. The van der Waals surface area contributed by atoms with Crippen molar-refractivity contribution >= 4 is 23.7 Å². The summed E-state index contributed by atoms with van der Waals surface area (Å²) in [5.41, 5.74) is 7.74. The number of aryl methyl sites for hydroxylation is 3. The van der Waals surface area contributed by atoms with Crippen molar-refractivity contribution in [2.45, 2.75) is 45.6 Å². The van der Waals surface area contributed by atoms with Gasteiger partial charge in [0.15, 0.2) is 0 Å². The van der Waals surface area contributed by atoms with E-state index in [0.717, 1.165) is 18.4 Å². The molecule has 44 heavy (non-hydrogen) atoms. The lowest BCUT2D eigenvalue weighted by atomic mass is 10.1. The van der Waals surface area contributed by atoms with E-state index in [0.29, 0.717) is 49.2 Å². The number of anilines is 1. The average Bonchev–Trinajstić information content (AvgIpc) is 2.98. The Morgan fingerprint density at radius 1 is 0.955 bits per heavy atom. The Balaban J connectivity index is 1.56. The topological polar surface area (TPSA) is 198 Å². The van der Waals surface area contributed by atoms with Crippen LogP contribution in [0.15, 0.2) is 42.5 Å². The van der Waals surface area contributed by atoms with Gasteiger partial charge in [0.25, 0.3) is 11.8 Å². The highest BCUT2D eigenvalue weighted by Crippen LogP contribution is 2.22. The zero-order chi connectivity index (χ0) is 32.1. The molecule has 1 aromatic heterocycles. The Bertz CT molecular complexity index is 1430. The van der Waals surface area contributed by atoms with E-state index < -0.39 is 23.8 Å². The first-order valence-corrected chi connectivity index (χ1v) is 14.3. The van der Waals surface area contributed by atoms with Crippen molar-refractivity contribution in [3.63, 3.8) is 0 Å². The molecule has 236 valence electrons. The molecule has 3 aromatic rings. The Morgan fingerprint density at radius 2 is 1.70 bits per heavy atom. The number of nitrogens with zero attached hydrogens (tertiary/aromatic N) is 2. The lowest BCUT2D eigenvalue weighted by Crippen LogP contribution is -2.44. The van der Waals surface area contributed by atoms with Gasteiger partial charge in [-0.05, 0) is 75.9 Å². The molecule has 0 unspecified atom stereocenters. The zero-order valence-corrected chi connectivity index (χ0v) is 25.2. The normalized spacial score (nSPS) is 11.4. The number of methoxy groups -OCH3 is 1. The minimum Gasteiger partial charge on any atom is -0.508 e. The van der Waals surface area contributed by atoms with E-state index >= 15 is 0 Å². The fraction of sp³-hybridized carbons (Fsp3) is 0.387. The van der Waals surface area contributed by atoms with E-state index in [4.69, 9.17) is 15.2 Å². The van der Waals surface area contributed by atoms with Crippen LogP contribution in [-0.4, -0.2) is 77.4 Å². The second-order valence-corrected chi connectivity index (χ2v) is 10.1. The summed E-state index contributed by atoms with van der Waals surface area (Å²) in [6.07, 6.45) is 2.19. The van der Waals surface area contributed by atoms with E-state index in [1.165, 1.54) is 25.3 Å². The van der Waals surface area contributed by atoms with Crippen molar-refractivity contribution in [1.82, 2.24) is 20.6 Å². The predicted molar refractivity (Wildman–Crippen MR) is 164 cm³/mol. The summed E-state index contributed by atoms with van der Waals surface area (Å²) in [4.78, 5) is 47.2. The zero-order valence-electron chi connectivity index (χ0n) is 25.2. The first-order chi connectivity index (χ1) is 21.1. The second-order valence-electron chi connectivity index (χ2n) is 10.1. The molecule has 0 saturated carbocycles. The third kappa shape index (κ3) is 10.1. The van der Waals surface area contributed by atoms with Crippen molar-refractivity contribution in [3.8, 4) is 17.2 Å². The molecule has 13 heteroatoms. The number of nitrogens with two attached hydrogens (primary N) is 1. The van der Waals surface area contributed by atoms with E-state index in [9.17, 15) is 24.6 Å². The van der Waals surface area contributed by atoms with Gasteiger partial charge in [-0.25, -0.2) is 14.8 Å². The van der Waals surface area contributed by atoms with Gasteiger partial charge in [0.05, 0.1) is 30.7 Å². The van der Waals surface area contributed by atoms with Crippen LogP contribution in [0.4, 0.5) is 5.95 Å². The first-order valence-electron chi connectivity index (χ1n) is 14.3. The molecule has 0 radical (unpaired) electrons. The monoisotopic (exact) mass is 608 g/mol. The van der Waals surface area contributed by atoms with Gasteiger partial charge in [-0.1, -0.05) is 12.1 Å². The Labute approximate surface area is 256 Å². The van der Waals surface area contributed by atoms with Gasteiger partial charge >= 0.3 is 5.97 Å². The number of carbonyl (C=O) groups excluding carboxylic acids is 3. The lowest BCUT2D eigenvalue weighted by molar-refractivity contribution is -0.143. The first kappa shape index (κ1) is 33.6. The molecule has 0 aliphatic rings. The molecule has 0 saturated heterocycles. The van der Waals surface area contributed by atoms with Crippen LogP contribution in [0.25, 0.3) is 0 Å². The van der Waals surface area contributed by atoms with Crippen LogP contribution >= 0.6 is 0 Å². The molecule has 3 rings (SSSR count). The number of aromatic hydroxyl groups is 2. The number of benzene rings is 2. The van der Waals surface area contributed by atoms with Crippen LogP contribution in [0.1, 0.15) is 56.9 Å². The van der Waals surface area contributed by atoms with Crippen molar-refractivity contribution in [3.05, 3.63) is 70.5 Å². The molecule has 0 spiro atoms. The van der Waals surface area contributed by atoms with Gasteiger partial charge < -0.3 is 41.4 Å². The highest BCUT2D eigenvalue weighted by Gasteiger charge is 2.25. The molecule has 7 N–H and O–H groups in total. The standard InChI is InChI=1S/C31H40N6O7/c1-19-27(20(2)36-31(35-19)34-12-5-8-21-7-4-9-23(38)15-21)29(41)37-26(30(42)43-3)10-13-33-28(40)22-16-24(39)18-25(17-22)44-14-6-11-32/h4,7,9,15-18,26,38-39H,5-6,8,10-14,32H2,1-3H3,(H,33,40)(H,37,41)(H,34,35,36)/t26-/m0/s1. The Hall–Kier alpha value is -4.91. The molecule has 0 aliphatic carbocycles. The second kappa shape index (κ2) is 16.7. The van der Waals surface area contributed by atoms with Crippen LogP contribution in [0.3, 0.4) is 0 Å². The van der Waals surface area contributed by atoms with Gasteiger partial charge in [0, 0.05) is 24.7 Å². The van der Waals surface area contributed by atoms with E-state index in [1.54, 1.807) is 32.0 Å². The maximum atomic E-state index is 13.2. The SMILES string of the molecule is COC(=O)[C@H](CCNC(=O)c1cc(O)cc(OCCCN)c1)NC(=O)c1c(C)nc(NCCCc2cccc(O)c2)nc1C. The minimum atomic E-state index is -1.05. The van der Waals surface area contributed by atoms with Crippen molar-refractivity contribution < 1.29 is 34.1 Å². The van der Waals surface area contributed by atoms with E-state index in [2.05, 4.69) is 25.9 Å². The highest BCUT2D eigenvalue weighted by molar-refractivity contribution is 5.98. The average molecular weight is 609 g/mol. The van der Waals surface area contributed by atoms with Crippen LogP contribution in [0.2, 0.25) is 0 Å². The molecule has 0 aliphatic heterocycles. The third-order valence-electron chi connectivity index (χ3n) is 6.61. The fourth-order valence-corrected chi connectivity index (χ4v) is 4.45. The van der Waals surface area contributed by atoms with Crippen molar-refractivity contribution in [2.75, 3.05) is 38.7 Å². The largest absolute Gasteiger partial charge is 0.508 e. The number of esters is 1.